The summed E-state index contributed by atoms with van der Waals surface area (Å²) in [5.74, 6) is -1.33. The fourth-order valence-corrected chi connectivity index (χ4v) is 1.24. The van der Waals surface area contributed by atoms with Gasteiger partial charge in [0, 0.05) is 11.8 Å². The minimum absolute atomic E-state index is 0.0811. The van der Waals surface area contributed by atoms with Crippen molar-refractivity contribution in [2.24, 2.45) is 10.7 Å². The number of hydrogen-bond donors (Lipinski definition) is 1. The quantitative estimate of drug-likeness (QED) is 0.619. The number of nitrogens with zero attached hydrogens (tertiary/aromatic N) is 1. The standard InChI is InChI=1S/C12H12F2N2/c1-4-16-12(15)9-6-10(13)8(7(2)3)5-11(9)14/h4-6H,1-2H2,3H3,(H2,15,16). The Morgan fingerprint density at radius 3 is 2.31 bits per heavy atom. The number of allylic oxidation sites excluding steroid dienone is 1. The first-order valence-corrected chi connectivity index (χ1v) is 4.56. The minimum Gasteiger partial charge on any atom is -0.383 e. The predicted octanol–water partition coefficient (Wildman–Crippen LogP) is 2.85. The molecule has 0 atom stereocenters. The van der Waals surface area contributed by atoms with Crippen LogP contribution < -0.4 is 5.73 Å². The number of benzene rings is 1. The molecule has 0 fully saturated rings. The molecule has 0 aliphatic rings. The average molecular weight is 222 g/mol. The molecule has 1 aromatic carbocycles. The molecule has 2 nitrogen and oxygen atoms in total. The number of hydrogen-bond acceptors (Lipinski definition) is 1. The maximum atomic E-state index is 13.6. The van der Waals surface area contributed by atoms with Crippen molar-refractivity contribution >= 4 is 11.4 Å². The molecule has 0 aromatic heterocycles. The summed E-state index contributed by atoms with van der Waals surface area (Å²) in [5, 5.41) is 0. The second-order valence-corrected chi connectivity index (χ2v) is 3.29. The first-order valence-electron chi connectivity index (χ1n) is 4.56. The van der Waals surface area contributed by atoms with Gasteiger partial charge in [0.15, 0.2) is 0 Å². The maximum Gasteiger partial charge on any atom is 0.134 e. The Balaban J connectivity index is 3.36. The minimum atomic E-state index is -0.637. The Hall–Kier alpha value is -1.97. The van der Waals surface area contributed by atoms with E-state index in [9.17, 15) is 8.78 Å². The van der Waals surface area contributed by atoms with Crippen LogP contribution in [-0.2, 0) is 0 Å². The van der Waals surface area contributed by atoms with Gasteiger partial charge in [-0.1, -0.05) is 13.2 Å². The van der Waals surface area contributed by atoms with Gasteiger partial charge >= 0.3 is 0 Å². The highest BCUT2D eigenvalue weighted by Gasteiger charge is 2.12. The molecule has 2 N–H and O–H groups in total. The van der Waals surface area contributed by atoms with Gasteiger partial charge in [-0.05, 0) is 24.6 Å². The molecule has 0 aliphatic heterocycles. The lowest BCUT2D eigenvalue weighted by Gasteiger charge is -2.07. The van der Waals surface area contributed by atoms with Crippen molar-refractivity contribution in [1.29, 1.82) is 0 Å². The second-order valence-electron chi connectivity index (χ2n) is 3.29. The molecule has 0 spiro atoms. The molecule has 1 rings (SSSR count). The van der Waals surface area contributed by atoms with Crippen molar-refractivity contribution in [3.05, 3.63) is 54.3 Å². The van der Waals surface area contributed by atoms with Crippen LogP contribution in [0.4, 0.5) is 8.78 Å². The lowest BCUT2D eigenvalue weighted by molar-refractivity contribution is 0.594. The molecule has 0 unspecified atom stereocenters. The van der Waals surface area contributed by atoms with E-state index in [1.54, 1.807) is 6.92 Å². The Kier molecular flexibility index (Phi) is 3.55. The van der Waals surface area contributed by atoms with Crippen LogP contribution in [-0.4, -0.2) is 5.84 Å². The highest BCUT2D eigenvalue weighted by Crippen LogP contribution is 2.20. The monoisotopic (exact) mass is 222 g/mol. The average Bonchev–Trinajstić information content (AvgIpc) is 2.20. The SMILES string of the molecule is C=CN=C(N)c1cc(F)c(C(=C)C)cc1F. The first kappa shape index (κ1) is 12.1. The van der Waals surface area contributed by atoms with Gasteiger partial charge in [0.1, 0.15) is 17.5 Å². The van der Waals surface area contributed by atoms with Gasteiger partial charge in [0.25, 0.3) is 0 Å². The molecular weight excluding hydrogens is 210 g/mol. The normalized spacial score (nSPS) is 11.3. The third-order valence-electron chi connectivity index (χ3n) is 2.02. The summed E-state index contributed by atoms with van der Waals surface area (Å²) in [4.78, 5) is 3.60. The largest absolute Gasteiger partial charge is 0.383 e. The summed E-state index contributed by atoms with van der Waals surface area (Å²) in [6.07, 6.45) is 1.17. The van der Waals surface area contributed by atoms with Crippen molar-refractivity contribution in [3.8, 4) is 0 Å². The van der Waals surface area contributed by atoms with Crippen molar-refractivity contribution < 1.29 is 8.78 Å². The summed E-state index contributed by atoms with van der Waals surface area (Å²) >= 11 is 0. The van der Waals surface area contributed by atoms with Gasteiger partial charge in [0.05, 0.1) is 5.56 Å². The topological polar surface area (TPSA) is 38.4 Å². The zero-order chi connectivity index (χ0) is 12.3. The van der Waals surface area contributed by atoms with Gasteiger partial charge in [0.2, 0.25) is 0 Å². The van der Waals surface area contributed by atoms with Crippen LogP contribution in [0, 0.1) is 11.6 Å². The lowest BCUT2D eigenvalue weighted by atomic mass is 10.0. The highest BCUT2D eigenvalue weighted by atomic mass is 19.1. The smallest absolute Gasteiger partial charge is 0.134 e. The predicted molar refractivity (Wildman–Crippen MR) is 62.0 cm³/mol. The van der Waals surface area contributed by atoms with Crippen molar-refractivity contribution in [2.45, 2.75) is 6.92 Å². The molecular formula is C12H12F2N2. The van der Waals surface area contributed by atoms with E-state index >= 15 is 0 Å². The van der Waals surface area contributed by atoms with Crippen LogP contribution in [0.15, 0.2) is 36.5 Å². The molecule has 0 amide bonds. The second kappa shape index (κ2) is 4.70. The van der Waals surface area contributed by atoms with E-state index in [2.05, 4.69) is 18.2 Å². The fraction of sp³-hybridized carbons (Fsp3) is 0.0833. The van der Waals surface area contributed by atoms with Crippen LogP contribution in [0.5, 0.6) is 0 Å². The molecule has 0 saturated carbocycles. The molecule has 84 valence electrons. The molecule has 16 heavy (non-hydrogen) atoms. The fourth-order valence-electron chi connectivity index (χ4n) is 1.24. The zero-order valence-electron chi connectivity index (χ0n) is 8.93. The first-order chi connectivity index (χ1) is 7.47. The van der Waals surface area contributed by atoms with E-state index in [0.717, 1.165) is 12.1 Å². The molecule has 0 bridgehead atoms. The number of amidine groups is 1. The summed E-state index contributed by atoms with van der Waals surface area (Å²) in [6.45, 7) is 8.48. The van der Waals surface area contributed by atoms with E-state index < -0.39 is 11.6 Å². The van der Waals surface area contributed by atoms with Crippen LogP contribution in [0.25, 0.3) is 5.57 Å². The van der Waals surface area contributed by atoms with Crippen molar-refractivity contribution in [1.82, 2.24) is 0 Å². The Morgan fingerprint density at radius 2 is 1.81 bits per heavy atom. The van der Waals surface area contributed by atoms with Crippen LogP contribution in [0.2, 0.25) is 0 Å². The number of aliphatic imine (C=N–C) groups is 1. The Labute approximate surface area is 92.8 Å². The zero-order valence-corrected chi connectivity index (χ0v) is 8.93. The van der Waals surface area contributed by atoms with Gasteiger partial charge in [-0.15, -0.1) is 0 Å². The van der Waals surface area contributed by atoms with Crippen LogP contribution in [0.1, 0.15) is 18.1 Å². The third-order valence-corrected chi connectivity index (χ3v) is 2.02. The molecule has 0 aliphatic carbocycles. The molecule has 4 heteroatoms. The molecule has 0 heterocycles. The van der Waals surface area contributed by atoms with Crippen molar-refractivity contribution in [2.75, 3.05) is 0 Å². The molecule has 1 aromatic rings. The Bertz CT molecular complexity index is 476. The van der Waals surface area contributed by atoms with Crippen LogP contribution in [0.3, 0.4) is 0 Å². The Morgan fingerprint density at radius 1 is 1.31 bits per heavy atom. The highest BCUT2D eigenvalue weighted by molar-refractivity contribution is 5.98. The van der Waals surface area contributed by atoms with E-state index in [1.165, 1.54) is 6.20 Å². The summed E-state index contributed by atoms with van der Waals surface area (Å²) < 4.78 is 27.1. The summed E-state index contributed by atoms with van der Waals surface area (Å²) in [6, 6.07) is 2.06. The van der Waals surface area contributed by atoms with Gasteiger partial charge < -0.3 is 5.73 Å². The van der Waals surface area contributed by atoms with Gasteiger partial charge in [-0.2, -0.15) is 0 Å². The third kappa shape index (κ3) is 2.34. The van der Waals surface area contributed by atoms with Crippen LogP contribution >= 0.6 is 0 Å². The molecule has 0 radical (unpaired) electrons. The summed E-state index contributed by atoms with van der Waals surface area (Å²) in [5.41, 5.74) is 5.95. The lowest BCUT2D eigenvalue weighted by Crippen LogP contribution is -2.15. The van der Waals surface area contributed by atoms with Crippen molar-refractivity contribution in [3.63, 3.8) is 0 Å². The van der Waals surface area contributed by atoms with Gasteiger partial charge in [-0.3, -0.25) is 0 Å². The van der Waals surface area contributed by atoms with E-state index in [4.69, 9.17) is 5.73 Å². The number of nitrogens with two attached hydrogens (primary N) is 1. The number of halogens is 2. The van der Waals surface area contributed by atoms with E-state index in [0.29, 0.717) is 5.57 Å². The maximum absolute atomic E-state index is 13.6. The molecule has 0 saturated heterocycles. The summed E-state index contributed by atoms with van der Waals surface area (Å²) in [7, 11) is 0. The van der Waals surface area contributed by atoms with E-state index in [-0.39, 0.29) is 17.0 Å². The van der Waals surface area contributed by atoms with E-state index in [1.807, 2.05) is 0 Å². The van der Waals surface area contributed by atoms with Gasteiger partial charge in [-0.25, -0.2) is 13.8 Å². The number of rotatable bonds is 3.